The summed E-state index contributed by atoms with van der Waals surface area (Å²) >= 11 is 6.31. The predicted molar refractivity (Wildman–Crippen MR) is 122 cm³/mol. The van der Waals surface area contributed by atoms with Gasteiger partial charge in [-0.15, -0.1) is 0 Å². The van der Waals surface area contributed by atoms with Crippen LogP contribution >= 0.6 is 11.6 Å². The molecule has 0 aliphatic heterocycles. The van der Waals surface area contributed by atoms with E-state index >= 15 is 0 Å². The van der Waals surface area contributed by atoms with E-state index in [1.807, 2.05) is 0 Å². The lowest BCUT2D eigenvalue weighted by Gasteiger charge is -2.32. The molecule has 0 bridgehead atoms. The van der Waals surface area contributed by atoms with Crippen molar-refractivity contribution in [3.8, 4) is 11.5 Å². The molecule has 0 unspecified atom stereocenters. The zero-order valence-corrected chi connectivity index (χ0v) is 20.0. The van der Waals surface area contributed by atoms with Gasteiger partial charge in [-0.3, -0.25) is 0 Å². The molecule has 0 radical (unpaired) electrons. The van der Waals surface area contributed by atoms with Crippen molar-refractivity contribution in [1.82, 2.24) is 5.32 Å². The molecule has 0 aliphatic carbocycles. The number of para-hydroxylation sites is 1. The number of amides is 1. The van der Waals surface area contributed by atoms with Gasteiger partial charge < -0.3 is 25.0 Å². The summed E-state index contributed by atoms with van der Waals surface area (Å²) in [5.74, 6) is -0.181. The Hall–Kier alpha value is -2.49. The minimum Gasteiger partial charge on any atom is -0.457 e. The summed E-state index contributed by atoms with van der Waals surface area (Å²) in [5.41, 5.74) is -2.21. The van der Waals surface area contributed by atoms with Gasteiger partial charge in [0.2, 0.25) is 0 Å². The van der Waals surface area contributed by atoms with Gasteiger partial charge in [0.15, 0.2) is 0 Å². The van der Waals surface area contributed by atoms with Crippen LogP contribution in [-0.4, -0.2) is 40.7 Å². The third-order valence-electron chi connectivity index (χ3n) is 4.92. The minimum absolute atomic E-state index is 0.150. The molecule has 0 fully saturated rings. The molecule has 0 saturated carbocycles. The Kier molecular flexibility index (Phi) is 9.22. The van der Waals surface area contributed by atoms with Gasteiger partial charge in [-0.2, -0.15) is 13.2 Å². The minimum atomic E-state index is -4.56. The second kappa shape index (κ2) is 11.3. The summed E-state index contributed by atoms with van der Waals surface area (Å²) in [7, 11) is 0. The summed E-state index contributed by atoms with van der Waals surface area (Å²) in [6, 6.07) is 9.46. The lowest BCUT2D eigenvalue weighted by molar-refractivity contribution is -0.138. The molecule has 0 atom stereocenters. The Labute approximate surface area is 201 Å². The van der Waals surface area contributed by atoms with Gasteiger partial charge >= 0.3 is 12.3 Å². The molecule has 0 heterocycles. The number of alkyl carbamates (subject to hydrolysis) is 1. The molecular weight excluding hydrogens is 475 g/mol. The van der Waals surface area contributed by atoms with Gasteiger partial charge in [0, 0.05) is 5.02 Å². The highest BCUT2D eigenvalue weighted by molar-refractivity contribution is 6.31. The number of alkyl halides is 3. The van der Waals surface area contributed by atoms with Crippen molar-refractivity contribution in [3.63, 3.8) is 0 Å². The summed E-state index contributed by atoms with van der Waals surface area (Å²) < 4.78 is 50.1. The summed E-state index contributed by atoms with van der Waals surface area (Å²) in [6.45, 7) is 4.10. The number of halogens is 4. The van der Waals surface area contributed by atoms with E-state index in [-0.39, 0.29) is 17.9 Å². The first-order valence-electron chi connectivity index (χ1n) is 10.6. The molecule has 2 aromatic carbocycles. The molecule has 0 spiro atoms. The number of aryl methyl sites for hydroxylation is 1. The van der Waals surface area contributed by atoms with E-state index in [1.54, 1.807) is 26.8 Å². The molecule has 10 heteroatoms. The van der Waals surface area contributed by atoms with Crippen LogP contribution in [0, 0.1) is 0 Å². The molecule has 0 aliphatic rings. The van der Waals surface area contributed by atoms with E-state index in [0.29, 0.717) is 23.4 Å². The largest absolute Gasteiger partial charge is 0.457 e. The lowest BCUT2D eigenvalue weighted by atomic mass is 9.93. The Balaban J connectivity index is 2.04. The number of aliphatic hydroxyl groups excluding tert-OH is 2. The van der Waals surface area contributed by atoms with Gasteiger partial charge in [0.25, 0.3) is 0 Å². The molecule has 0 saturated heterocycles. The van der Waals surface area contributed by atoms with Crippen LogP contribution in [0.25, 0.3) is 0 Å². The second-order valence-corrected chi connectivity index (χ2v) is 9.33. The highest BCUT2D eigenvalue weighted by Gasteiger charge is 2.34. The quantitative estimate of drug-likeness (QED) is 0.407. The van der Waals surface area contributed by atoms with Crippen molar-refractivity contribution in [2.45, 2.75) is 57.3 Å². The Bertz CT molecular complexity index is 972. The number of benzene rings is 2. The van der Waals surface area contributed by atoms with Gasteiger partial charge in [0.1, 0.15) is 17.1 Å². The molecule has 2 aromatic rings. The average molecular weight is 504 g/mol. The highest BCUT2D eigenvalue weighted by atomic mass is 35.5. The third-order valence-corrected chi connectivity index (χ3v) is 5.27. The zero-order valence-electron chi connectivity index (χ0n) is 19.2. The van der Waals surface area contributed by atoms with Crippen molar-refractivity contribution in [2.75, 3.05) is 13.2 Å². The van der Waals surface area contributed by atoms with Crippen LogP contribution in [0.5, 0.6) is 11.5 Å². The van der Waals surface area contributed by atoms with Gasteiger partial charge in [-0.05, 0) is 69.9 Å². The lowest BCUT2D eigenvalue weighted by Crippen LogP contribution is -2.55. The monoisotopic (exact) mass is 503 g/mol. The fourth-order valence-corrected chi connectivity index (χ4v) is 3.46. The SMILES string of the molecule is CC(C)(C)OC(=O)NC(CO)(CO)CCCc1ccc(Oc2ccccc2C(F)(F)F)cc1Cl. The number of carbonyl (C=O) groups excluding carboxylic acids is 1. The first-order chi connectivity index (χ1) is 15.8. The molecule has 0 aromatic heterocycles. The van der Waals surface area contributed by atoms with Crippen LogP contribution in [0.15, 0.2) is 42.5 Å². The average Bonchev–Trinajstić information content (AvgIpc) is 2.73. The molecule has 1 amide bonds. The maximum Gasteiger partial charge on any atom is 0.419 e. The first-order valence-corrected chi connectivity index (χ1v) is 11.0. The van der Waals surface area contributed by atoms with E-state index < -0.39 is 42.2 Å². The number of nitrogens with one attached hydrogen (secondary N) is 1. The fraction of sp³-hybridized carbons (Fsp3) is 0.458. The molecule has 34 heavy (non-hydrogen) atoms. The molecule has 3 N–H and O–H groups in total. The maximum absolute atomic E-state index is 13.2. The van der Waals surface area contributed by atoms with E-state index in [1.165, 1.54) is 30.3 Å². The summed E-state index contributed by atoms with van der Waals surface area (Å²) in [4.78, 5) is 12.1. The van der Waals surface area contributed by atoms with Crippen molar-refractivity contribution in [3.05, 3.63) is 58.6 Å². The predicted octanol–water partition coefficient (Wildman–Crippen LogP) is 5.72. The number of aliphatic hydroxyl groups is 2. The molecule has 188 valence electrons. The standard InChI is InChI=1S/C24H29ClF3NO5/c1-22(2,3)34-21(32)29-23(14-30,15-31)12-6-7-16-10-11-17(13-19(16)25)33-20-9-5-4-8-18(20)24(26,27)28/h4-5,8-11,13,30-31H,6-7,12,14-15H2,1-3H3,(H,29,32). The van der Waals surface area contributed by atoms with Crippen LogP contribution in [0.1, 0.15) is 44.7 Å². The van der Waals surface area contributed by atoms with Crippen molar-refractivity contribution in [2.24, 2.45) is 0 Å². The normalized spacial score (nSPS) is 12.4. The Morgan fingerprint density at radius 1 is 1.06 bits per heavy atom. The zero-order chi connectivity index (χ0) is 25.6. The maximum atomic E-state index is 13.2. The van der Waals surface area contributed by atoms with Crippen LogP contribution in [-0.2, 0) is 17.3 Å². The van der Waals surface area contributed by atoms with E-state index in [0.717, 1.165) is 6.07 Å². The summed E-state index contributed by atoms with van der Waals surface area (Å²) in [6.07, 6.45) is -4.22. The Morgan fingerprint density at radius 2 is 1.71 bits per heavy atom. The number of ether oxygens (including phenoxy) is 2. The van der Waals surface area contributed by atoms with Crippen LogP contribution in [0.3, 0.4) is 0 Å². The smallest absolute Gasteiger partial charge is 0.419 e. The van der Waals surface area contributed by atoms with Gasteiger partial charge in [-0.25, -0.2) is 4.79 Å². The first kappa shape index (κ1) is 27.8. The third kappa shape index (κ3) is 8.07. The van der Waals surface area contributed by atoms with Crippen LogP contribution in [0.4, 0.5) is 18.0 Å². The number of rotatable bonds is 9. The Morgan fingerprint density at radius 3 is 2.26 bits per heavy atom. The molecular formula is C24H29ClF3NO5. The fourth-order valence-electron chi connectivity index (χ4n) is 3.20. The number of hydrogen-bond donors (Lipinski definition) is 3. The van der Waals surface area contributed by atoms with Crippen LogP contribution < -0.4 is 10.1 Å². The highest BCUT2D eigenvalue weighted by Crippen LogP contribution is 2.38. The van der Waals surface area contributed by atoms with Gasteiger partial charge in [0.05, 0.1) is 24.3 Å². The van der Waals surface area contributed by atoms with Crippen molar-refractivity contribution < 1.29 is 37.7 Å². The topological polar surface area (TPSA) is 88.0 Å². The number of hydrogen-bond acceptors (Lipinski definition) is 5. The molecule has 6 nitrogen and oxygen atoms in total. The number of carbonyl (C=O) groups is 1. The van der Waals surface area contributed by atoms with E-state index in [4.69, 9.17) is 21.1 Å². The second-order valence-electron chi connectivity index (χ2n) is 8.93. The van der Waals surface area contributed by atoms with Crippen molar-refractivity contribution in [1.29, 1.82) is 0 Å². The van der Waals surface area contributed by atoms with E-state index in [9.17, 15) is 28.2 Å². The van der Waals surface area contributed by atoms with E-state index in [2.05, 4.69) is 5.32 Å². The summed E-state index contributed by atoms with van der Waals surface area (Å²) in [5, 5.41) is 22.4. The van der Waals surface area contributed by atoms with Crippen LogP contribution in [0.2, 0.25) is 5.02 Å². The molecule has 2 rings (SSSR count). The van der Waals surface area contributed by atoms with Gasteiger partial charge in [-0.1, -0.05) is 29.8 Å². The van der Waals surface area contributed by atoms with Crippen molar-refractivity contribution >= 4 is 17.7 Å².